The standard InChI is InChI=1S/C27H28FN5O3/c1-17-12-26(33-25(29-17)16-24(31-33)18-4-6-20(28)7-5-18)32-10-8-19(9-11-32)27(34)30-21-13-22(35-2)15-23(14-21)36-3/h4-7,12-16,19H,8-11H2,1-3H3,(H,30,34). The third-order valence-electron chi connectivity index (χ3n) is 6.49. The number of halogens is 1. The Bertz CT molecular complexity index is 1370. The van der Waals surface area contributed by atoms with Crippen molar-refractivity contribution in [3.05, 3.63) is 66.1 Å². The van der Waals surface area contributed by atoms with Crippen LogP contribution in [0.25, 0.3) is 16.9 Å². The zero-order valence-corrected chi connectivity index (χ0v) is 20.5. The third kappa shape index (κ3) is 4.82. The molecular formula is C27H28FN5O3. The molecule has 2 aromatic heterocycles. The molecule has 0 aliphatic carbocycles. The lowest BCUT2D eigenvalue weighted by molar-refractivity contribution is -0.120. The van der Waals surface area contributed by atoms with Crippen molar-refractivity contribution < 1.29 is 18.7 Å². The fourth-order valence-corrected chi connectivity index (χ4v) is 4.56. The van der Waals surface area contributed by atoms with Gasteiger partial charge in [-0.3, -0.25) is 4.79 Å². The number of aromatic nitrogens is 3. The van der Waals surface area contributed by atoms with Crippen LogP contribution in [0, 0.1) is 18.7 Å². The molecule has 1 saturated heterocycles. The van der Waals surface area contributed by atoms with Crippen LogP contribution in [0.15, 0.2) is 54.6 Å². The molecule has 0 atom stereocenters. The highest BCUT2D eigenvalue weighted by Crippen LogP contribution is 2.29. The van der Waals surface area contributed by atoms with E-state index in [1.165, 1.54) is 12.1 Å². The Balaban J connectivity index is 1.31. The van der Waals surface area contributed by atoms with Crippen LogP contribution < -0.4 is 19.7 Å². The Kier molecular flexibility index (Phi) is 6.45. The number of hydrogen-bond donors (Lipinski definition) is 1. The predicted octanol–water partition coefficient (Wildman–Crippen LogP) is 4.72. The summed E-state index contributed by atoms with van der Waals surface area (Å²) in [7, 11) is 3.16. The van der Waals surface area contributed by atoms with Crippen LogP contribution in [-0.2, 0) is 4.79 Å². The first-order valence-corrected chi connectivity index (χ1v) is 11.9. The molecule has 0 unspecified atom stereocenters. The second-order valence-electron chi connectivity index (χ2n) is 8.91. The maximum absolute atomic E-state index is 13.4. The average molecular weight is 490 g/mol. The highest BCUT2D eigenvalue weighted by Gasteiger charge is 2.27. The number of hydrogen-bond acceptors (Lipinski definition) is 6. The minimum atomic E-state index is -0.283. The maximum atomic E-state index is 13.4. The molecule has 1 amide bonds. The largest absolute Gasteiger partial charge is 0.497 e. The van der Waals surface area contributed by atoms with Gasteiger partial charge in [-0.2, -0.15) is 9.61 Å². The van der Waals surface area contributed by atoms with E-state index in [0.717, 1.165) is 28.4 Å². The molecule has 0 bridgehead atoms. The number of aryl methyl sites for hydroxylation is 1. The van der Waals surface area contributed by atoms with Crippen LogP contribution in [0.2, 0.25) is 0 Å². The van der Waals surface area contributed by atoms with Crippen molar-refractivity contribution in [2.45, 2.75) is 19.8 Å². The molecule has 186 valence electrons. The Hall–Kier alpha value is -4.14. The van der Waals surface area contributed by atoms with Gasteiger partial charge >= 0.3 is 0 Å². The van der Waals surface area contributed by atoms with Crippen molar-refractivity contribution in [2.75, 3.05) is 37.5 Å². The van der Waals surface area contributed by atoms with E-state index in [0.29, 0.717) is 43.1 Å². The lowest BCUT2D eigenvalue weighted by Crippen LogP contribution is -2.39. The molecule has 1 aliphatic rings. The molecule has 4 aromatic rings. The molecule has 0 spiro atoms. The Morgan fingerprint density at radius 1 is 1.00 bits per heavy atom. The minimum Gasteiger partial charge on any atom is -0.497 e. The van der Waals surface area contributed by atoms with Gasteiger partial charge in [-0.25, -0.2) is 9.37 Å². The zero-order valence-electron chi connectivity index (χ0n) is 20.5. The van der Waals surface area contributed by atoms with Crippen molar-refractivity contribution in [3.63, 3.8) is 0 Å². The van der Waals surface area contributed by atoms with E-state index in [-0.39, 0.29) is 17.6 Å². The fraction of sp³-hybridized carbons (Fsp3) is 0.296. The number of benzene rings is 2. The Labute approximate surface area is 208 Å². The van der Waals surface area contributed by atoms with Gasteiger partial charge in [0.1, 0.15) is 23.1 Å². The number of rotatable bonds is 6. The summed E-state index contributed by atoms with van der Waals surface area (Å²) in [5.41, 5.74) is 3.83. The number of methoxy groups -OCH3 is 2. The molecule has 2 aromatic carbocycles. The number of piperidine rings is 1. The van der Waals surface area contributed by atoms with Gasteiger partial charge in [0.05, 0.1) is 19.9 Å². The number of anilines is 2. The maximum Gasteiger partial charge on any atom is 0.227 e. The molecule has 3 heterocycles. The monoisotopic (exact) mass is 489 g/mol. The summed E-state index contributed by atoms with van der Waals surface area (Å²) in [6, 6.07) is 15.5. The van der Waals surface area contributed by atoms with E-state index in [1.807, 2.05) is 23.6 Å². The first kappa shape index (κ1) is 23.6. The van der Waals surface area contributed by atoms with Crippen LogP contribution in [0.3, 0.4) is 0 Å². The number of ether oxygens (including phenoxy) is 2. The summed E-state index contributed by atoms with van der Waals surface area (Å²) in [5.74, 6) is 1.77. The van der Waals surface area contributed by atoms with E-state index >= 15 is 0 Å². The van der Waals surface area contributed by atoms with Gasteiger partial charge < -0.3 is 19.7 Å². The van der Waals surface area contributed by atoms with E-state index in [1.54, 1.807) is 44.6 Å². The van der Waals surface area contributed by atoms with Crippen molar-refractivity contribution in [3.8, 4) is 22.8 Å². The first-order chi connectivity index (χ1) is 17.4. The van der Waals surface area contributed by atoms with Gasteiger partial charge in [0.25, 0.3) is 0 Å². The fourth-order valence-electron chi connectivity index (χ4n) is 4.56. The lowest BCUT2D eigenvalue weighted by Gasteiger charge is -2.33. The summed E-state index contributed by atoms with van der Waals surface area (Å²) in [5, 5.41) is 7.77. The van der Waals surface area contributed by atoms with Crippen molar-refractivity contribution >= 4 is 23.1 Å². The predicted molar refractivity (Wildman–Crippen MR) is 136 cm³/mol. The highest BCUT2D eigenvalue weighted by atomic mass is 19.1. The first-order valence-electron chi connectivity index (χ1n) is 11.9. The van der Waals surface area contributed by atoms with Crippen molar-refractivity contribution in [1.29, 1.82) is 0 Å². The molecule has 1 N–H and O–H groups in total. The van der Waals surface area contributed by atoms with Gasteiger partial charge in [0.15, 0.2) is 5.65 Å². The molecule has 8 nitrogen and oxygen atoms in total. The number of nitrogens with one attached hydrogen (secondary N) is 1. The summed E-state index contributed by atoms with van der Waals surface area (Å²) in [6.07, 6.45) is 1.42. The lowest BCUT2D eigenvalue weighted by atomic mass is 9.95. The van der Waals surface area contributed by atoms with Gasteiger partial charge in [-0.1, -0.05) is 0 Å². The van der Waals surface area contributed by atoms with Crippen LogP contribution in [0.4, 0.5) is 15.9 Å². The number of fused-ring (bicyclic) bond motifs is 1. The Morgan fingerprint density at radius 2 is 1.67 bits per heavy atom. The zero-order chi connectivity index (χ0) is 25.2. The molecular weight excluding hydrogens is 461 g/mol. The SMILES string of the molecule is COc1cc(NC(=O)C2CCN(c3cc(C)nc4cc(-c5ccc(F)cc5)nn34)CC2)cc(OC)c1. The molecule has 1 aliphatic heterocycles. The average Bonchev–Trinajstić information content (AvgIpc) is 3.32. The normalized spacial score (nSPS) is 14.2. The van der Waals surface area contributed by atoms with Gasteiger partial charge in [0.2, 0.25) is 5.91 Å². The molecule has 1 fully saturated rings. The van der Waals surface area contributed by atoms with Crippen LogP contribution >= 0.6 is 0 Å². The van der Waals surface area contributed by atoms with Crippen molar-refractivity contribution in [2.24, 2.45) is 5.92 Å². The summed E-state index contributed by atoms with van der Waals surface area (Å²) < 4.78 is 25.8. The van der Waals surface area contributed by atoms with Gasteiger partial charge in [0, 0.05) is 66.3 Å². The molecule has 0 saturated carbocycles. The van der Waals surface area contributed by atoms with E-state index in [9.17, 15) is 9.18 Å². The number of amides is 1. The topological polar surface area (TPSA) is 81.0 Å². The third-order valence-corrected chi connectivity index (χ3v) is 6.49. The number of carbonyl (C=O) groups excluding carboxylic acids is 1. The summed E-state index contributed by atoms with van der Waals surface area (Å²) >= 11 is 0. The van der Waals surface area contributed by atoms with Crippen LogP contribution in [0.5, 0.6) is 11.5 Å². The molecule has 36 heavy (non-hydrogen) atoms. The second-order valence-corrected chi connectivity index (χ2v) is 8.91. The Morgan fingerprint density at radius 3 is 2.31 bits per heavy atom. The van der Waals surface area contributed by atoms with E-state index in [4.69, 9.17) is 14.6 Å². The summed E-state index contributed by atoms with van der Waals surface area (Å²) in [4.78, 5) is 19.9. The van der Waals surface area contributed by atoms with Crippen molar-refractivity contribution in [1.82, 2.24) is 14.6 Å². The second kappa shape index (κ2) is 9.85. The highest BCUT2D eigenvalue weighted by molar-refractivity contribution is 5.93. The van der Waals surface area contributed by atoms with Crippen LogP contribution in [0.1, 0.15) is 18.5 Å². The van der Waals surface area contributed by atoms with E-state index < -0.39 is 0 Å². The summed E-state index contributed by atoms with van der Waals surface area (Å²) in [6.45, 7) is 3.38. The van der Waals surface area contributed by atoms with Gasteiger partial charge in [-0.15, -0.1) is 0 Å². The quantitative estimate of drug-likeness (QED) is 0.422. The molecule has 5 rings (SSSR count). The molecule has 0 radical (unpaired) electrons. The van der Waals surface area contributed by atoms with Gasteiger partial charge in [-0.05, 0) is 44.0 Å². The van der Waals surface area contributed by atoms with E-state index in [2.05, 4.69) is 15.2 Å². The molecule has 9 heteroatoms. The smallest absolute Gasteiger partial charge is 0.227 e. The number of carbonyl (C=O) groups is 1. The number of nitrogens with zero attached hydrogens (tertiary/aromatic N) is 4. The minimum absolute atomic E-state index is 0.0151. The van der Waals surface area contributed by atoms with Crippen LogP contribution in [-0.4, -0.2) is 47.8 Å².